The maximum absolute atomic E-state index is 13.0. The highest BCUT2D eigenvalue weighted by Crippen LogP contribution is 2.17. The number of halogens is 1. The van der Waals surface area contributed by atoms with E-state index in [1.165, 1.54) is 18.2 Å². The lowest BCUT2D eigenvalue weighted by Gasteiger charge is -2.14. The summed E-state index contributed by atoms with van der Waals surface area (Å²) < 4.78 is 13.0. The van der Waals surface area contributed by atoms with Crippen LogP contribution in [0.2, 0.25) is 0 Å². The standard InChI is InChI=1S/C15H16FN3O/c1-19(2)14-8-4-7-13(10-14)18-15(20)17-12-6-3-5-11(16)9-12/h3-10H,1-2H3,(H2,17,18,20). The van der Waals surface area contributed by atoms with Crippen molar-refractivity contribution in [1.82, 2.24) is 0 Å². The van der Waals surface area contributed by atoms with Gasteiger partial charge < -0.3 is 15.5 Å². The highest BCUT2D eigenvalue weighted by molar-refractivity contribution is 5.99. The molecule has 2 rings (SSSR count). The second-order valence-electron chi connectivity index (χ2n) is 4.53. The Labute approximate surface area is 117 Å². The Hall–Kier alpha value is -2.56. The molecule has 0 bridgehead atoms. The summed E-state index contributed by atoms with van der Waals surface area (Å²) in [6.45, 7) is 0. The normalized spacial score (nSPS) is 9.95. The molecule has 0 radical (unpaired) electrons. The van der Waals surface area contributed by atoms with Crippen molar-refractivity contribution in [1.29, 1.82) is 0 Å². The van der Waals surface area contributed by atoms with Gasteiger partial charge in [0.2, 0.25) is 0 Å². The number of benzene rings is 2. The van der Waals surface area contributed by atoms with Crippen LogP contribution in [0.1, 0.15) is 0 Å². The van der Waals surface area contributed by atoms with Crippen LogP contribution in [0.5, 0.6) is 0 Å². The maximum Gasteiger partial charge on any atom is 0.323 e. The van der Waals surface area contributed by atoms with Gasteiger partial charge in [-0.05, 0) is 36.4 Å². The van der Waals surface area contributed by atoms with Gasteiger partial charge >= 0.3 is 6.03 Å². The Morgan fingerprint density at radius 3 is 2.20 bits per heavy atom. The Bertz CT molecular complexity index is 614. The molecule has 0 heterocycles. The van der Waals surface area contributed by atoms with Gasteiger partial charge in [0, 0.05) is 31.2 Å². The molecular weight excluding hydrogens is 257 g/mol. The molecule has 2 aromatic rings. The summed E-state index contributed by atoms with van der Waals surface area (Å²) in [6.07, 6.45) is 0. The Morgan fingerprint density at radius 2 is 1.60 bits per heavy atom. The summed E-state index contributed by atoms with van der Waals surface area (Å²) in [5.41, 5.74) is 2.06. The quantitative estimate of drug-likeness (QED) is 0.898. The summed E-state index contributed by atoms with van der Waals surface area (Å²) in [5.74, 6) is -0.391. The lowest BCUT2D eigenvalue weighted by Crippen LogP contribution is -2.19. The number of hydrogen-bond donors (Lipinski definition) is 2. The molecule has 0 saturated carbocycles. The minimum Gasteiger partial charge on any atom is -0.378 e. The van der Waals surface area contributed by atoms with Crippen LogP contribution in [0.4, 0.5) is 26.2 Å². The number of rotatable bonds is 3. The third-order valence-electron chi connectivity index (χ3n) is 2.70. The van der Waals surface area contributed by atoms with E-state index in [9.17, 15) is 9.18 Å². The topological polar surface area (TPSA) is 44.4 Å². The van der Waals surface area contributed by atoms with Crippen LogP contribution in [0.15, 0.2) is 48.5 Å². The van der Waals surface area contributed by atoms with Gasteiger partial charge in [0.1, 0.15) is 5.82 Å². The summed E-state index contributed by atoms with van der Waals surface area (Å²) in [4.78, 5) is 13.8. The SMILES string of the molecule is CN(C)c1cccc(NC(=O)Nc2cccc(F)c2)c1. The first-order valence-electron chi connectivity index (χ1n) is 6.15. The summed E-state index contributed by atoms with van der Waals surface area (Å²) in [5, 5.41) is 5.28. The van der Waals surface area contributed by atoms with Crippen molar-refractivity contribution in [2.24, 2.45) is 0 Å². The number of amides is 2. The van der Waals surface area contributed by atoms with Gasteiger partial charge in [-0.2, -0.15) is 0 Å². The lowest BCUT2D eigenvalue weighted by molar-refractivity contribution is 0.262. The zero-order valence-corrected chi connectivity index (χ0v) is 11.4. The second kappa shape index (κ2) is 6.06. The van der Waals surface area contributed by atoms with Crippen LogP contribution in [-0.2, 0) is 0 Å². The first-order chi connectivity index (χ1) is 9.54. The monoisotopic (exact) mass is 273 g/mol. The highest BCUT2D eigenvalue weighted by atomic mass is 19.1. The molecule has 5 heteroatoms. The highest BCUT2D eigenvalue weighted by Gasteiger charge is 2.04. The zero-order chi connectivity index (χ0) is 14.5. The fraction of sp³-hybridized carbons (Fsp3) is 0.133. The summed E-state index contributed by atoms with van der Waals surface area (Å²) in [7, 11) is 3.85. The van der Waals surface area contributed by atoms with Crippen LogP contribution in [-0.4, -0.2) is 20.1 Å². The van der Waals surface area contributed by atoms with Crippen molar-refractivity contribution in [3.05, 3.63) is 54.3 Å². The number of urea groups is 1. The third-order valence-corrected chi connectivity index (χ3v) is 2.70. The van der Waals surface area contributed by atoms with E-state index in [1.54, 1.807) is 12.1 Å². The molecule has 20 heavy (non-hydrogen) atoms. The Balaban J connectivity index is 2.03. The molecule has 4 nitrogen and oxygen atoms in total. The fourth-order valence-electron chi connectivity index (χ4n) is 1.72. The predicted octanol–water partition coefficient (Wildman–Crippen LogP) is 3.54. The van der Waals surface area contributed by atoms with E-state index in [2.05, 4.69) is 10.6 Å². The average Bonchev–Trinajstić information content (AvgIpc) is 2.38. The molecule has 0 fully saturated rings. The summed E-state index contributed by atoms with van der Waals surface area (Å²) in [6, 6.07) is 12.8. The minimum absolute atomic E-state index is 0.391. The lowest BCUT2D eigenvalue weighted by atomic mass is 10.2. The van der Waals surface area contributed by atoms with E-state index in [4.69, 9.17) is 0 Å². The third kappa shape index (κ3) is 3.71. The molecule has 0 unspecified atom stereocenters. The van der Waals surface area contributed by atoms with Gasteiger partial charge in [-0.3, -0.25) is 0 Å². The Kier molecular flexibility index (Phi) is 4.20. The molecule has 2 N–H and O–H groups in total. The average molecular weight is 273 g/mol. The first-order valence-corrected chi connectivity index (χ1v) is 6.15. The van der Waals surface area contributed by atoms with Crippen LogP contribution < -0.4 is 15.5 Å². The van der Waals surface area contributed by atoms with Gasteiger partial charge in [0.05, 0.1) is 0 Å². The van der Waals surface area contributed by atoms with Crippen molar-refractivity contribution in [3.8, 4) is 0 Å². The van der Waals surface area contributed by atoms with E-state index >= 15 is 0 Å². The van der Waals surface area contributed by atoms with Gasteiger partial charge in [-0.1, -0.05) is 12.1 Å². The van der Waals surface area contributed by atoms with E-state index in [0.29, 0.717) is 11.4 Å². The van der Waals surface area contributed by atoms with Crippen LogP contribution in [0.25, 0.3) is 0 Å². The largest absolute Gasteiger partial charge is 0.378 e. The zero-order valence-electron chi connectivity index (χ0n) is 11.4. The molecule has 0 aliphatic rings. The first kappa shape index (κ1) is 13.9. The van der Waals surface area contributed by atoms with Crippen molar-refractivity contribution >= 4 is 23.1 Å². The fourth-order valence-corrected chi connectivity index (χ4v) is 1.72. The summed E-state index contributed by atoms with van der Waals surface area (Å²) >= 11 is 0. The second-order valence-corrected chi connectivity index (χ2v) is 4.53. The van der Waals surface area contributed by atoms with Gasteiger partial charge in [-0.15, -0.1) is 0 Å². The van der Waals surface area contributed by atoms with E-state index in [0.717, 1.165) is 5.69 Å². The van der Waals surface area contributed by atoms with Crippen LogP contribution in [0, 0.1) is 5.82 Å². The molecule has 0 aliphatic carbocycles. The molecule has 0 spiro atoms. The molecular formula is C15H16FN3O. The smallest absolute Gasteiger partial charge is 0.323 e. The number of nitrogens with one attached hydrogen (secondary N) is 2. The predicted molar refractivity (Wildman–Crippen MR) is 79.8 cm³/mol. The number of nitrogens with zero attached hydrogens (tertiary/aromatic N) is 1. The van der Waals surface area contributed by atoms with Gasteiger partial charge in [0.25, 0.3) is 0 Å². The van der Waals surface area contributed by atoms with Crippen molar-refractivity contribution in [3.63, 3.8) is 0 Å². The molecule has 0 atom stereocenters. The van der Waals surface area contributed by atoms with Gasteiger partial charge in [-0.25, -0.2) is 9.18 Å². The van der Waals surface area contributed by atoms with Crippen molar-refractivity contribution in [2.75, 3.05) is 29.6 Å². The van der Waals surface area contributed by atoms with Crippen molar-refractivity contribution < 1.29 is 9.18 Å². The number of carbonyl (C=O) groups excluding carboxylic acids is 1. The molecule has 0 aliphatic heterocycles. The van der Waals surface area contributed by atoms with Crippen LogP contribution >= 0.6 is 0 Å². The Morgan fingerprint density at radius 1 is 1.00 bits per heavy atom. The molecule has 2 amide bonds. The molecule has 2 aromatic carbocycles. The van der Waals surface area contributed by atoms with E-state index in [1.807, 2.05) is 37.2 Å². The van der Waals surface area contributed by atoms with Gasteiger partial charge in [0.15, 0.2) is 0 Å². The molecule has 0 saturated heterocycles. The molecule has 104 valence electrons. The number of anilines is 3. The number of carbonyl (C=O) groups is 1. The molecule has 0 aromatic heterocycles. The minimum atomic E-state index is -0.411. The van der Waals surface area contributed by atoms with E-state index in [-0.39, 0.29) is 0 Å². The maximum atomic E-state index is 13.0. The van der Waals surface area contributed by atoms with Crippen molar-refractivity contribution in [2.45, 2.75) is 0 Å². The van der Waals surface area contributed by atoms with E-state index < -0.39 is 11.8 Å². The number of hydrogen-bond acceptors (Lipinski definition) is 2. The van der Waals surface area contributed by atoms with Crippen LogP contribution in [0.3, 0.4) is 0 Å².